The minimum atomic E-state index is -0.258. The number of carbonyl (C=O) groups is 1. The number of pyridine rings is 1. The Morgan fingerprint density at radius 1 is 1.69 bits per heavy atom. The highest BCUT2D eigenvalue weighted by Gasteiger charge is 2.13. The van der Waals surface area contributed by atoms with Crippen LogP contribution >= 0.6 is 11.6 Å². The molecular weight excluding hydrogens is 186 g/mol. The van der Waals surface area contributed by atoms with Crippen LogP contribution in [0.15, 0.2) is 24.5 Å². The SMILES string of the molecule is CCC(Cc1cccnc1)C(=O)Cl. The van der Waals surface area contributed by atoms with Gasteiger partial charge in [-0.15, -0.1) is 0 Å². The molecule has 1 atom stereocenters. The molecule has 1 heterocycles. The zero-order valence-corrected chi connectivity index (χ0v) is 8.29. The van der Waals surface area contributed by atoms with Gasteiger partial charge in [0, 0.05) is 18.3 Å². The van der Waals surface area contributed by atoms with Crippen molar-refractivity contribution in [2.75, 3.05) is 0 Å². The number of hydrogen-bond acceptors (Lipinski definition) is 2. The first-order valence-electron chi connectivity index (χ1n) is 4.32. The fraction of sp³-hybridized carbons (Fsp3) is 0.400. The zero-order valence-electron chi connectivity index (χ0n) is 7.53. The molecule has 0 aliphatic carbocycles. The lowest BCUT2D eigenvalue weighted by atomic mass is 9.99. The third kappa shape index (κ3) is 3.15. The maximum absolute atomic E-state index is 10.9. The normalized spacial score (nSPS) is 12.5. The molecule has 0 N–H and O–H groups in total. The Bertz CT molecular complexity index is 274. The molecule has 3 heteroatoms. The van der Waals surface area contributed by atoms with Gasteiger partial charge in [0.2, 0.25) is 5.24 Å². The van der Waals surface area contributed by atoms with Crippen LogP contribution in [-0.4, -0.2) is 10.2 Å². The first-order valence-corrected chi connectivity index (χ1v) is 4.70. The molecule has 0 aliphatic heterocycles. The molecule has 2 nitrogen and oxygen atoms in total. The molecule has 0 saturated heterocycles. The van der Waals surface area contributed by atoms with Crippen LogP contribution in [-0.2, 0) is 11.2 Å². The van der Waals surface area contributed by atoms with Crippen molar-refractivity contribution < 1.29 is 4.79 Å². The highest BCUT2D eigenvalue weighted by atomic mass is 35.5. The molecule has 0 fully saturated rings. The average molecular weight is 198 g/mol. The predicted octanol–water partition coefficient (Wildman–Crippen LogP) is 2.42. The first kappa shape index (κ1) is 10.2. The largest absolute Gasteiger partial charge is 0.281 e. The highest BCUT2D eigenvalue weighted by molar-refractivity contribution is 6.63. The van der Waals surface area contributed by atoms with E-state index in [9.17, 15) is 4.79 Å². The molecule has 1 aromatic heterocycles. The molecule has 1 aromatic rings. The molecule has 0 aliphatic rings. The van der Waals surface area contributed by atoms with Gasteiger partial charge in [0.15, 0.2) is 0 Å². The van der Waals surface area contributed by atoms with Gasteiger partial charge < -0.3 is 0 Å². The van der Waals surface area contributed by atoms with Crippen LogP contribution in [0.25, 0.3) is 0 Å². The Morgan fingerprint density at radius 2 is 2.46 bits per heavy atom. The van der Waals surface area contributed by atoms with Crippen LogP contribution in [0.3, 0.4) is 0 Å². The van der Waals surface area contributed by atoms with Crippen molar-refractivity contribution in [1.82, 2.24) is 4.98 Å². The van der Waals surface area contributed by atoms with E-state index in [2.05, 4.69) is 4.98 Å². The summed E-state index contributed by atoms with van der Waals surface area (Å²) in [6, 6.07) is 3.82. The van der Waals surface area contributed by atoms with E-state index in [4.69, 9.17) is 11.6 Å². The van der Waals surface area contributed by atoms with Gasteiger partial charge in [-0.05, 0) is 36.1 Å². The predicted molar refractivity (Wildman–Crippen MR) is 52.6 cm³/mol. The molecule has 70 valence electrons. The Labute approximate surface area is 82.9 Å². The Balaban J connectivity index is 2.62. The van der Waals surface area contributed by atoms with Crippen molar-refractivity contribution >= 4 is 16.8 Å². The van der Waals surface area contributed by atoms with E-state index in [1.807, 2.05) is 19.1 Å². The van der Waals surface area contributed by atoms with Gasteiger partial charge in [0.05, 0.1) is 0 Å². The summed E-state index contributed by atoms with van der Waals surface area (Å²) in [5.41, 5.74) is 1.06. The van der Waals surface area contributed by atoms with E-state index in [1.165, 1.54) is 0 Å². The van der Waals surface area contributed by atoms with Crippen molar-refractivity contribution in [3.05, 3.63) is 30.1 Å². The highest BCUT2D eigenvalue weighted by Crippen LogP contribution is 2.13. The molecule has 0 saturated carbocycles. The van der Waals surface area contributed by atoms with Crippen LogP contribution in [0.5, 0.6) is 0 Å². The van der Waals surface area contributed by atoms with E-state index in [0.717, 1.165) is 12.0 Å². The summed E-state index contributed by atoms with van der Waals surface area (Å²) in [7, 11) is 0. The van der Waals surface area contributed by atoms with Crippen LogP contribution < -0.4 is 0 Å². The van der Waals surface area contributed by atoms with Gasteiger partial charge in [-0.2, -0.15) is 0 Å². The number of aromatic nitrogens is 1. The summed E-state index contributed by atoms with van der Waals surface area (Å²) in [5.74, 6) is -0.0779. The molecule has 0 spiro atoms. The average Bonchev–Trinajstić information content (AvgIpc) is 2.15. The van der Waals surface area contributed by atoms with Gasteiger partial charge in [-0.25, -0.2) is 0 Å². The third-order valence-corrected chi connectivity index (χ3v) is 2.33. The zero-order chi connectivity index (χ0) is 9.68. The quantitative estimate of drug-likeness (QED) is 0.694. The topological polar surface area (TPSA) is 30.0 Å². The van der Waals surface area contributed by atoms with E-state index in [0.29, 0.717) is 6.42 Å². The third-order valence-electron chi connectivity index (χ3n) is 2.02. The molecule has 1 rings (SSSR count). The number of carbonyl (C=O) groups excluding carboxylic acids is 1. The summed E-state index contributed by atoms with van der Waals surface area (Å²) < 4.78 is 0. The fourth-order valence-corrected chi connectivity index (χ4v) is 1.42. The van der Waals surface area contributed by atoms with E-state index in [-0.39, 0.29) is 11.2 Å². The minimum Gasteiger partial charge on any atom is -0.281 e. The lowest BCUT2D eigenvalue weighted by molar-refractivity contribution is -0.115. The summed E-state index contributed by atoms with van der Waals surface area (Å²) >= 11 is 5.43. The Hall–Kier alpha value is -0.890. The van der Waals surface area contributed by atoms with Crippen molar-refractivity contribution in [2.45, 2.75) is 19.8 Å². The van der Waals surface area contributed by atoms with Gasteiger partial charge in [0.25, 0.3) is 0 Å². The number of halogens is 1. The van der Waals surface area contributed by atoms with Gasteiger partial charge in [-0.3, -0.25) is 9.78 Å². The van der Waals surface area contributed by atoms with Crippen LogP contribution in [0.2, 0.25) is 0 Å². The number of nitrogens with zero attached hydrogens (tertiary/aromatic N) is 1. The van der Waals surface area contributed by atoms with Crippen LogP contribution in [0.1, 0.15) is 18.9 Å². The second kappa shape index (κ2) is 4.97. The monoisotopic (exact) mass is 197 g/mol. The van der Waals surface area contributed by atoms with Crippen molar-refractivity contribution in [1.29, 1.82) is 0 Å². The molecule has 0 amide bonds. The van der Waals surface area contributed by atoms with Crippen molar-refractivity contribution in [2.24, 2.45) is 5.92 Å². The second-order valence-electron chi connectivity index (χ2n) is 2.97. The lowest BCUT2D eigenvalue weighted by Gasteiger charge is -2.08. The molecular formula is C10H12ClNO. The fourth-order valence-electron chi connectivity index (χ4n) is 1.19. The Morgan fingerprint density at radius 3 is 2.92 bits per heavy atom. The van der Waals surface area contributed by atoms with E-state index < -0.39 is 0 Å². The summed E-state index contributed by atoms with van der Waals surface area (Å²) in [5, 5.41) is -0.258. The summed E-state index contributed by atoms with van der Waals surface area (Å²) in [6.45, 7) is 1.96. The number of hydrogen-bond donors (Lipinski definition) is 0. The molecule has 13 heavy (non-hydrogen) atoms. The maximum atomic E-state index is 10.9. The van der Waals surface area contributed by atoms with E-state index in [1.54, 1.807) is 12.4 Å². The standard InChI is InChI=1S/C10H12ClNO/c1-2-9(10(11)13)6-8-4-3-5-12-7-8/h3-5,7,9H,2,6H2,1H3. The minimum absolute atomic E-state index is 0.0779. The second-order valence-corrected chi connectivity index (χ2v) is 3.35. The number of rotatable bonds is 4. The van der Waals surface area contributed by atoms with Gasteiger partial charge >= 0.3 is 0 Å². The van der Waals surface area contributed by atoms with Gasteiger partial charge in [-0.1, -0.05) is 13.0 Å². The Kier molecular flexibility index (Phi) is 3.90. The summed E-state index contributed by atoms with van der Waals surface area (Å²) in [4.78, 5) is 14.9. The molecule has 0 aromatic carbocycles. The lowest BCUT2D eigenvalue weighted by Crippen LogP contribution is -2.10. The smallest absolute Gasteiger partial charge is 0.225 e. The van der Waals surface area contributed by atoms with Gasteiger partial charge in [0.1, 0.15) is 0 Å². The molecule has 0 radical (unpaired) electrons. The molecule has 1 unspecified atom stereocenters. The van der Waals surface area contributed by atoms with Crippen molar-refractivity contribution in [3.8, 4) is 0 Å². The van der Waals surface area contributed by atoms with Crippen LogP contribution in [0, 0.1) is 5.92 Å². The van der Waals surface area contributed by atoms with Crippen LogP contribution in [0.4, 0.5) is 0 Å². The molecule has 0 bridgehead atoms. The van der Waals surface area contributed by atoms with E-state index >= 15 is 0 Å². The van der Waals surface area contributed by atoms with Crippen molar-refractivity contribution in [3.63, 3.8) is 0 Å². The maximum Gasteiger partial charge on any atom is 0.225 e. The summed E-state index contributed by atoms with van der Waals surface area (Å²) in [6.07, 6.45) is 4.94. The first-order chi connectivity index (χ1) is 6.24.